The Morgan fingerprint density at radius 2 is 1.60 bits per heavy atom. The van der Waals surface area contributed by atoms with Crippen LogP contribution in [0.2, 0.25) is 0 Å². The van der Waals surface area contributed by atoms with E-state index in [0.29, 0.717) is 5.75 Å². The molecule has 1 atom stereocenters. The highest BCUT2D eigenvalue weighted by Crippen LogP contribution is 2.17. The van der Waals surface area contributed by atoms with Gasteiger partial charge in [0.2, 0.25) is 0 Å². The Morgan fingerprint density at radius 3 is 2.15 bits per heavy atom. The predicted molar refractivity (Wildman–Crippen MR) is 83.4 cm³/mol. The summed E-state index contributed by atoms with van der Waals surface area (Å²) in [5.41, 5.74) is 1.03. The fourth-order valence-corrected chi connectivity index (χ4v) is 5.05. The molecule has 0 unspecified atom stereocenters. The maximum Gasteiger partial charge on any atom is 0.288 e. The lowest BCUT2D eigenvalue weighted by Crippen LogP contribution is -2.02. The lowest BCUT2D eigenvalue weighted by atomic mass is 10.2. The van der Waals surface area contributed by atoms with Crippen molar-refractivity contribution in [3.63, 3.8) is 0 Å². The maximum atomic E-state index is 12.3. The molecule has 0 heterocycles. The molecule has 3 nitrogen and oxygen atoms in total. The third-order valence-electron chi connectivity index (χ3n) is 2.80. The highest BCUT2D eigenvalue weighted by molar-refractivity contribution is 8.00. The van der Waals surface area contributed by atoms with Gasteiger partial charge in [-0.1, -0.05) is 53.5 Å². The van der Waals surface area contributed by atoms with Crippen molar-refractivity contribution >= 4 is 20.7 Å². The smallest absolute Gasteiger partial charge is 0.199 e. The number of rotatable bonds is 4. The summed E-state index contributed by atoms with van der Waals surface area (Å²) < 4.78 is 28.7. The lowest BCUT2D eigenvalue weighted by molar-refractivity contribution is 0.598. The van der Waals surface area contributed by atoms with Crippen molar-refractivity contribution in [2.75, 3.05) is 5.75 Å². The zero-order valence-electron chi connectivity index (χ0n) is 11.5. The molecular formula is C15H17NO2S2. The average molecular weight is 307 g/mol. The van der Waals surface area contributed by atoms with Crippen LogP contribution >= 0.6 is 0 Å². The van der Waals surface area contributed by atoms with E-state index >= 15 is 0 Å². The fraction of sp³-hybridized carbons (Fsp3) is 0.200. The molecule has 0 radical (unpaired) electrons. The van der Waals surface area contributed by atoms with Crippen LogP contribution in [-0.4, -0.2) is 14.2 Å². The van der Waals surface area contributed by atoms with E-state index in [1.807, 2.05) is 44.2 Å². The van der Waals surface area contributed by atoms with Crippen LogP contribution < -0.4 is 0 Å². The SMILES string of the molecule is CC[S@](=NS(=O)(=O)c1ccc(C)cc1)c1ccccc1. The molecule has 2 aromatic rings. The van der Waals surface area contributed by atoms with Crippen LogP contribution in [0.1, 0.15) is 12.5 Å². The van der Waals surface area contributed by atoms with Crippen molar-refractivity contribution < 1.29 is 8.42 Å². The number of hydrogen-bond donors (Lipinski definition) is 0. The number of sulfonamides is 1. The van der Waals surface area contributed by atoms with Crippen LogP contribution in [-0.2, 0) is 20.7 Å². The highest BCUT2D eigenvalue weighted by atomic mass is 32.3. The molecule has 2 aromatic carbocycles. The van der Waals surface area contributed by atoms with Gasteiger partial charge < -0.3 is 0 Å². The summed E-state index contributed by atoms with van der Waals surface area (Å²) in [5, 5.41) is 0. The number of hydrogen-bond acceptors (Lipinski definition) is 2. The molecule has 20 heavy (non-hydrogen) atoms. The molecule has 0 aliphatic heterocycles. The Labute approximate surface area is 122 Å². The molecule has 0 aliphatic carbocycles. The van der Waals surface area contributed by atoms with Crippen LogP contribution in [0.3, 0.4) is 0 Å². The fourth-order valence-electron chi connectivity index (χ4n) is 1.71. The zero-order valence-corrected chi connectivity index (χ0v) is 13.1. The topological polar surface area (TPSA) is 46.5 Å². The molecular weight excluding hydrogens is 290 g/mol. The predicted octanol–water partition coefficient (Wildman–Crippen LogP) is 3.56. The minimum atomic E-state index is -3.60. The summed E-state index contributed by atoms with van der Waals surface area (Å²) in [7, 11) is -4.23. The summed E-state index contributed by atoms with van der Waals surface area (Å²) in [6.45, 7) is 3.87. The van der Waals surface area contributed by atoms with E-state index in [-0.39, 0.29) is 4.90 Å². The second-order valence-corrected chi connectivity index (χ2v) is 8.13. The quantitative estimate of drug-likeness (QED) is 0.867. The van der Waals surface area contributed by atoms with E-state index in [2.05, 4.69) is 3.77 Å². The van der Waals surface area contributed by atoms with Crippen LogP contribution in [0, 0.1) is 6.92 Å². The van der Waals surface area contributed by atoms with Gasteiger partial charge >= 0.3 is 0 Å². The summed E-state index contributed by atoms with van der Waals surface area (Å²) in [4.78, 5) is 1.20. The van der Waals surface area contributed by atoms with E-state index < -0.39 is 20.7 Å². The lowest BCUT2D eigenvalue weighted by Gasteiger charge is -2.06. The van der Waals surface area contributed by atoms with Gasteiger partial charge in [-0.3, -0.25) is 0 Å². The summed E-state index contributed by atoms with van der Waals surface area (Å²) in [6.07, 6.45) is 0. The normalized spacial score (nSPS) is 13.3. The molecule has 0 saturated carbocycles. The third kappa shape index (κ3) is 3.55. The van der Waals surface area contributed by atoms with Gasteiger partial charge in [0, 0.05) is 10.6 Å². The summed E-state index contributed by atoms with van der Waals surface area (Å²) in [6, 6.07) is 16.3. The van der Waals surface area contributed by atoms with E-state index in [1.54, 1.807) is 24.3 Å². The van der Waals surface area contributed by atoms with Crippen LogP contribution in [0.15, 0.2) is 68.2 Å². The molecule has 0 amide bonds. The third-order valence-corrected chi connectivity index (χ3v) is 6.53. The Bertz CT molecular complexity index is 705. The Morgan fingerprint density at radius 1 is 1.00 bits per heavy atom. The minimum Gasteiger partial charge on any atom is -0.199 e. The van der Waals surface area contributed by atoms with E-state index in [4.69, 9.17) is 0 Å². The Balaban J connectivity index is 2.43. The molecule has 0 N–H and O–H groups in total. The van der Waals surface area contributed by atoms with Crippen molar-refractivity contribution in [2.24, 2.45) is 3.77 Å². The first kappa shape index (κ1) is 14.9. The van der Waals surface area contributed by atoms with Crippen LogP contribution in [0.4, 0.5) is 0 Å². The van der Waals surface area contributed by atoms with Gasteiger partial charge in [0.1, 0.15) is 0 Å². The molecule has 106 valence electrons. The molecule has 2 rings (SSSR count). The first-order valence-electron chi connectivity index (χ1n) is 6.33. The van der Waals surface area contributed by atoms with E-state index in [1.165, 1.54) is 0 Å². The Kier molecular flexibility index (Phi) is 4.73. The first-order valence-corrected chi connectivity index (χ1v) is 9.13. The van der Waals surface area contributed by atoms with Crippen molar-refractivity contribution in [1.82, 2.24) is 0 Å². The molecule has 0 aromatic heterocycles. The maximum absolute atomic E-state index is 12.3. The van der Waals surface area contributed by atoms with Gasteiger partial charge in [-0.15, -0.1) is 3.77 Å². The highest BCUT2D eigenvalue weighted by Gasteiger charge is 2.13. The number of aryl methyl sites for hydroxylation is 1. The molecule has 0 spiro atoms. The number of nitrogens with zero attached hydrogens (tertiary/aromatic N) is 1. The van der Waals surface area contributed by atoms with Crippen LogP contribution in [0.25, 0.3) is 0 Å². The average Bonchev–Trinajstić information content (AvgIpc) is 2.46. The second-order valence-electron chi connectivity index (χ2n) is 4.33. The standard InChI is InChI=1S/C15H17NO2S2/c1-3-19(14-7-5-4-6-8-14)16-20(17,18)15-11-9-13(2)10-12-15/h4-12H,3H2,1-2H3/t19-/m0/s1. The largest absolute Gasteiger partial charge is 0.288 e. The molecule has 5 heteroatoms. The molecule has 0 bridgehead atoms. The van der Waals surface area contributed by atoms with Gasteiger partial charge in [-0.2, -0.15) is 8.42 Å². The summed E-state index contributed by atoms with van der Waals surface area (Å²) >= 11 is 0. The van der Waals surface area contributed by atoms with Gasteiger partial charge in [-0.25, -0.2) is 0 Å². The second kappa shape index (κ2) is 6.33. The molecule has 0 fully saturated rings. The van der Waals surface area contributed by atoms with Crippen molar-refractivity contribution in [2.45, 2.75) is 23.6 Å². The van der Waals surface area contributed by atoms with Gasteiger partial charge in [0.25, 0.3) is 10.0 Å². The monoisotopic (exact) mass is 307 g/mol. The minimum absolute atomic E-state index is 0.255. The molecule has 0 saturated heterocycles. The van der Waals surface area contributed by atoms with Crippen molar-refractivity contribution in [3.8, 4) is 0 Å². The van der Waals surface area contributed by atoms with Gasteiger partial charge in [0.05, 0.1) is 4.90 Å². The Hall–Kier alpha value is -1.46. The van der Waals surface area contributed by atoms with E-state index in [0.717, 1.165) is 10.5 Å². The van der Waals surface area contributed by atoms with E-state index in [9.17, 15) is 8.42 Å². The van der Waals surface area contributed by atoms with Crippen molar-refractivity contribution in [1.29, 1.82) is 0 Å². The summed E-state index contributed by atoms with van der Waals surface area (Å²) in [5.74, 6) is 0.676. The van der Waals surface area contributed by atoms with Crippen LogP contribution in [0.5, 0.6) is 0 Å². The first-order chi connectivity index (χ1) is 9.53. The van der Waals surface area contributed by atoms with Crippen molar-refractivity contribution in [3.05, 3.63) is 60.2 Å². The zero-order chi connectivity index (χ0) is 14.6. The molecule has 0 aliphatic rings. The van der Waals surface area contributed by atoms with Gasteiger partial charge in [-0.05, 0) is 31.2 Å². The number of benzene rings is 2. The van der Waals surface area contributed by atoms with Gasteiger partial charge in [0.15, 0.2) is 0 Å².